The zero-order valence-electron chi connectivity index (χ0n) is 8.53. The van der Waals surface area contributed by atoms with Gasteiger partial charge in [0.1, 0.15) is 0 Å². The number of amides is 1. The number of carbonyl (C=O) groups is 1. The second-order valence-corrected chi connectivity index (χ2v) is 4.16. The summed E-state index contributed by atoms with van der Waals surface area (Å²) in [6.45, 7) is 5.94. The molecule has 2 heterocycles. The maximum Gasteiger partial charge on any atom is 0.259 e. The molecular weight excluding hydrogens is 186 g/mol. The summed E-state index contributed by atoms with van der Waals surface area (Å²) in [6.07, 6.45) is 3.95. The molecule has 0 N–H and O–H groups in total. The van der Waals surface area contributed by atoms with Gasteiger partial charge in [0.2, 0.25) is 0 Å². The topological polar surface area (TPSA) is 20.3 Å². The average molecular weight is 197 g/mol. The molecule has 2 aliphatic heterocycles. The van der Waals surface area contributed by atoms with Crippen LogP contribution >= 0.6 is 0 Å². The molecule has 1 atom stereocenters. The zero-order valence-corrected chi connectivity index (χ0v) is 8.53. The fraction of sp³-hybridized carbons (Fsp3) is 0.154. The van der Waals surface area contributed by atoms with Crippen molar-refractivity contribution in [3.8, 4) is 0 Å². The minimum atomic E-state index is -0.315. The molecule has 1 unspecified atom stereocenters. The molecule has 0 aromatic heterocycles. The molecule has 1 amide bonds. The lowest BCUT2D eigenvalue weighted by atomic mass is 9.93. The minimum absolute atomic E-state index is 0.0584. The van der Waals surface area contributed by atoms with Gasteiger partial charge in [0.05, 0.1) is 5.54 Å². The van der Waals surface area contributed by atoms with E-state index in [4.69, 9.17) is 0 Å². The molecule has 1 aromatic carbocycles. The van der Waals surface area contributed by atoms with Gasteiger partial charge in [-0.25, -0.2) is 0 Å². The van der Waals surface area contributed by atoms with E-state index in [2.05, 4.69) is 6.58 Å². The lowest BCUT2D eigenvalue weighted by molar-refractivity contribution is 0.0765. The van der Waals surface area contributed by atoms with E-state index in [0.29, 0.717) is 0 Å². The van der Waals surface area contributed by atoms with Crippen molar-refractivity contribution < 1.29 is 4.79 Å². The fourth-order valence-electron chi connectivity index (χ4n) is 2.49. The molecule has 2 nitrogen and oxygen atoms in total. The highest BCUT2D eigenvalue weighted by atomic mass is 16.2. The number of carbonyl (C=O) groups excluding carboxylic acids is 1. The van der Waals surface area contributed by atoms with Crippen molar-refractivity contribution in [2.45, 2.75) is 12.5 Å². The number of hydrogen-bond donors (Lipinski definition) is 0. The summed E-state index contributed by atoms with van der Waals surface area (Å²) in [7, 11) is 0. The van der Waals surface area contributed by atoms with Gasteiger partial charge in [0, 0.05) is 11.3 Å². The predicted octanol–water partition coefficient (Wildman–Crippen LogP) is 2.44. The Morgan fingerprint density at radius 3 is 2.87 bits per heavy atom. The monoisotopic (exact) mass is 197 g/mol. The Hall–Kier alpha value is -1.83. The number of fused-ring (bicyclic) bond motifs is 3. The van der Waals surface area contributed by atoms with Gasteiger partial charge in [0.25, 0.3) is 5.91 Å². The first-order valence-electron chi connectivity index (χ1n) is 4.97. The van der Waals surface area contributed by atoms with E-state index in [1.54, 1.807) is 4.90 Å². The van der Waals surface area contributed by atoms with Crippen molar-refractivity contribution in [3.05, 3.63) is 59.8 Å². The van der Waals surface area contributed by atoms with Gasteiger partial charge in [-0.3, -0.25) is 9.69 Å². The Balaban J connectivity index is 2.32. The molecule has 1 aromatic rings. The largest absolute Gasteiger partial charge is 0.295 e. The molecule has 74 valence electrons. The van der Waals surface area contributed by atoms with Crippen molar-refractivity contribution in [2.75, 3.05) is 0 Å². The van der Waals surface area contributed by atoms with E-state index in [0.717, 1.165) is 16.8 Å². The number of allylic oxidation sites excluding steroid dienone is 1. The third-order valence-electron chi connectivity index (χ3n) is 3.26. The highest BCUT2D eigenvalue weighted by Gasteiger charge is 2.47. The van der Waals surface area contributed by atoms with Crippen LogP contribution in [0.5, 0.6) is 0 Å². The first-order chi connectivity index (χ1) is 7.14. The van der Waals surface area contributed by atoms with E-state index in [9.17, 15) is 4.79 Å². The Bertz CT molecular complexity index is 515. The van der Waals surface area contributed by atoms with Crippen LogP contribution in [-0.4, -0.2) is 10.8 Å². The van der Waals surface area contributed by atoms with E-state index in [1.807, 2.05) is 43.3 Å². The number of rotatable bonds is 0. The molecule has 3 rings (SSSR count). The molecule has 15 heavy (non-hydrogen) atoms. The van der Waals surface area contributed by atoms with E-state index < -0.39 is 0 Å². The van der Waals surface area contributed by atoms with Crippen LogP contribution in [0.3, 0.4) is 0 Å². The average Bonchev–Trinajstić information content (AvgIpc) is 2.65. The number of nitrogens with zero attached hydrogens (tertiary/aromatic N) is 1. The molecular formula is C13H11NO. The van der Waals surface area contributed by atoms with E-state index in [-0.39, 0.29) is 11.4 Å². The maximum absolute atomic E-state index is 12.1. The normalized spacial score (nSPS) is 27.1. The number of hydrogen-bond acceptors (Lipinski definition) is 1. The Morgan fingerprint density at radius 2 is 2.07 bits per heavy atom. The maximum atomic E-state index is 12.1. The Kier molecular flexibility index (Phi) is 1.35. The van der Waals surface area contributed by atoms with Gasteiger partial charge in [0.15, 0.2) is 0 Å². The zero-order chi connectivity index (χ0) is 10.6. The quantitative estimate of drug-likeness (QED) is 0.625. The van der Waals surface area contributed by atoms with E-state index >= 15 is 0 Å². The summed E-state index contributed by atoms with van der Waals surface area (Å²) in [6, 6.07) is 7.75. The standard InChI is InChI=1S/C13H11NO/c1-9-7-8-13(2)11-6-4-3-5-10(11)12(15)14(9)13/h3-8H,1H2,2H3. The molecule has 2 aliphatic rings. The van der Waals surface area contributed by atoms with Gasteiger partial charge in [-0.1, -0.05) is 30.9 Å². The van der Waals surface area contributed by atoms with Crippen molar-refractivity contribution in [2.24, 2.45) is 0 Å². The molecule has 0 saturated heterocycles. The second-order valence-electron chi connectivity index (χ2n) is 4.16. The lowest BCUT2D eigenvalue weighted by Gasteiger charge is -2.28. The van der Waals surface area contributed by atoms with Crippen LogP contribution < -0.4 is 0 Å². The Morgan fingerprint density at radius 1 is 1.33 bits per heavy atom. The summed E-state index contributed by atoms with van der Waals surface area (Å²) in [4.78, 5) is 13.9. The third-order valence-corrected chi connectivity index (χ3v) is 3.26. The molecule has 0 radical (unpaired) electrons. The molecule has 0 spiro atoms. The SMILES string of the molecule is C=C1C=CC2(C)c3ccccc3C(=O)N12. The van der Waals surface area contributed by atoms with Crippen LogP contribution in [-0.2, 0) is 5.54 Å². The van der Waals surface area contributed by atoms with Crippen LogP contribution in [0.15, 0.2) is 48.7 Å². The van der Waals surface area contributed by atoms with Crippen LogP contribution in [0.25, 0.3) is 0 Å². The third kappa shape index (κ3) is 0.820. The summed E-state index contributed by atoms with van der Waals surface area (Å²) >= 11 is 0. The molecule has 2 heteroatoms. The van der Waals surface area contributed by atoms with Gasteiger partial charge < -0.3 is 0 Å². The molecule has 0 fully saturated rings. The highest BCUT2D eigenvalue weighted by molar-refractivity contribution is 6.02. The molecule has 0 aliphatic carbocycles. The van der Waals surface area contributed by atoms with Crippen LogP contribution in [0, 0.1) is 0 Å². The van der Waals surface area contributed by atoms with Gasteiger partial charge in [-0.15, -0.1) is 0 Å². The molecule has 0 saturated carbocycles. The van der Waals surface area contributed by atoms with Crippen LogP contribution in [0.2, 0.25) is 0 Å². The summed E-state index contributed by atoms with van der Waals surface area (Å²) in [5, 5.41) is 0. The Labute approximate surface area is 88.5 Å². The fourth-order valence-corrected chi connectivity index (χ4v) is 2.49. The predicted molar refractivity (Wildman–Crippen MR) is 58.2 cm³/mol. The summed E-state index contributed by atoms with van der Waals surface area (Å²) in [5.74, 6) is 0.0584. The lowest BCUT2D eigenvalue weighted by Crippen LogP contribution is -2.34. The van der Waals surface area contributed by atoms with Crippen molar-refractivity contribution in [3.63, 3.8) is 0 Å². The van der Waals surface area contributed by atoms with E-state index in [1.165, 1.54) is 0 Å². The second kappa shape index (κ2) is 2.40. The van der Waals surface area contributed by atoms with Crippen LogP contribution in [0.1, 0.15) is 22.8 Å². The summed E-state index contributed by atoms with van der Waals surface area (Å²) < 4.78 is 0. The number of benzene rings is 1. The first-order valence-corrected chi connectivity index (χ1v) is 4.97. The minimum Gasteiger partial charge on any atom is -0.295 e. The van der Waals surface area contributed by atoms with Crippen molar-refractivity contribution in [1.82, 2.24) is 4.90 Å². The van der Waals surface area contributed by atoms with Crippen molar-refractivity contribution in [1.29, 1.82) is 0 Å². The van der Waals surface area contributed by atoms with Gasteiger partial charge in [-0.05, 0) is 24.6 Å². The smallest absolute Gasteiger partial charge is 0.259 e. The van der Waals surface area contributed by atoms with Crippen LogP contribution in [0.4, 0.5) is 0 Å². The van der Waals surface area contributed by atoms with Crippen molar-refractivity contribution >= 4 is 5.91 Å². The first kappa shape index (κ1) is 8.48. The highest BCUT2D eigenvalue weighted by Crippen LogP contribution is 2.45. The molecule has 0 bridgehead atoms. The summed E-state index contributed by atoms with van der Waals surface area (Å²) in [5.41, 5.74) is 2.33. The van der Waals surface area contributed by atoms with Gasteiger partial charge in [-0.2, -0.15) is 0 Å². The van der Waals surface area contributed by atoms with Gasteiger partial charge >= 0.3 is 0 Å².